The Morgan fingerprint density at radius 3 is 2.62 bits per heavy atom. The summed E-state index contributed by atoms with van der Waals surface area (Å²) in [5, 5.41) is 0. The minimum Gasteiger partial charge on any atom is -0.496 e. The smallest absolute Gasteiger partial charge is 0.235 e. The Kier molecular flexibility index (Phi) is 4.70. The summed E-state index contributed by atoms with van der Waals surface area (Å²) in [5.41, 5.74) is 2.00. The Hall–Kier alpha value is -1.64. The number of aliphatic imine (C=N–C) groups is 1. The molecule has 0 spiro atoms. The van der Waals surface area contributed by atoms with E-state index in [2.05, 4.69) is 9.89 Å². The van der Waals surface area contributed by atoms with E-state index in [1.54, 1.807) is 7.11 Å². The summed E-state index contributed by atoms with van der Waals surface area (Å²) >= 11 is 0. The van der Waals surface area contributed by atoms with Gasteiger partial charge in [-0.15, -0.1) is 0 Å². The highest BCUT2D eigenvalue weighted by molar-refractivity contribution is 5.43. The van der Waals surface area contributed by atoms with Gasteiger partial charge in [-0.05, 0) is 14.1 Å². The van der Waals surface area contributed by atoms with Gasteiger partial charge in [0.05, 0.1) is 13.7 Å². The summed E-state index contributed by atoms with van der Waals surface area (Å²) in [5.74, 6) is 0.801. The fourth-order valence-corrected chi connectivity index (χ4v) is 1.61. The molecule has 0 saturated heterocycles. The topological polar surface area (TPSA) is 41.9 Å². The predicted octanol–water partition coefficient (Wildman–Crippen LogP) is 1.59. The zero-order valence-corrected chi connectivity index (χ0v) is 9.86. The third-order valence-electron chi connectivity index (χ3n) is 2.18. The average molecular weight is 220 g/mol. The number of benzene rings is 1. The maximum absolute atomic E-state index is 10.1. The van der Waals surface area contributed by atoms with Gasteiger partial charge in [-0.25, -0.2) is 9.79 Å². The van der Waals surface area contributed by atoms with Crippen LogP contribution in [0.4, 0.5) is 0 Å². The fourth-order valence-electron chi connectivity index (χ4n) is 1.61. The van der Waals surface area contributed by atoms with Crippen LogP contribution in [0.25, 0.3) is 0 Å². The van der Waals surface area contributed by atoms with E-state index in [-0.39, 0.29) is 0 Å². The molecule has 4 nitrogen and oxygen atoms in total. The monoisotopic (exact) mass is 220 g/mol. The Bertz CT molecular complexity index is 396. The van der Waals surface area contributed by atoms with E-state index in [9.17, 15) is 4.79 Å². The van der Waals surface area contributed by atoms with Crippen LogP contribution in [-0.4, -0.2) is 32.2 Å². The number of hydrogen-bond donors (Lipinski definition) is 0. The molecule has 86 valence electrons. The van der Waals surface area contributed by atoms with Gasteiger partial charge in [-0.1, -0.05) is 18.2 Å². The summed E-state index contributed by atoms with van der Waals surface area (Å²) < 4.78 is 5.36. The van der Waals surface area contributed by atoms with Crippen molar-refractivity contribution in [3.63, 3.8) is 0 Å². The minimum absolute atomic E-state index is 0.313. The number of methoxy groups -OCH3 is 1. The zero-order valence-electron chi connectivity index (χ0n) is 9.86. The van der Waals surface area contributed by atoms with Gasteiger partial charge in [0.15, 0.2) is 0 Å². The first kappa shape index (κ1) is 12.4. The molecule has 0 atom stereocenters. The molecule has 0 aromatic heterocycles. The SMILES string of the molecule is COc1c(CN=C=O)cccc1CN(C)C. The van der Waals surface area contributed by atoms with Gasteiger partial charge in [0.25, 0.3) is 0 Å². The summed E-state index contributed by atoms with van der Waals surface area (Å²) in [4.78, 5) is 15.7. The zero-order chi connectivity index (χ0) is 12.0. The third kappa shape index (κ3) is 3.19. The third-order valence-corrected chi connectivity index (χ3v) is 2.18. The minimum atomic E-state index is 0.313. The van der Waals surface area contributed by atoms with Crippen molar-refractivity contribution in [2.45, 2.75) is 13.1 Å². The second-order valence-corrected chi connectivity index (χ2v) is 3.75. The average Bonchev–Trinajstić information content (AvgIpc) is 2.25. The van der Waals surface area contributed by atoms with Crippen molar-refractivity contribution in [1.29, 1.82) is 0 Å². The van der Waals surface area contributed by atoms with Crippen molar-refractivity contribution in [3.8, 4) is 5.75 Å². The van der Waals surface area contributed by atoms with Crippen LogP contribution >= 0.6 is 0 Å². The summed E-state index contributed by atoms with van der Waals surface area (Å²) in [7, 11) is 5.62. The number of carbonyl (C=O) groups excluding carboxylic acids is 1. The summed E-state index contributed by atoms with van der Waals surface area (Å²) in [6.45, 7) is 1.11. The van der Waals surface area contributed by atoms with E-state index >= 15 is 0 Å². The van der Waals surface area contributed by atoms with Crippen LogP contribution in [0.2, 0.25) is 0 Å². The molecule has 0 heterocycles. The molecule has 0 amide bonds. The van der Waals surface area contributed by atoms with Crippen molar-refractivity contribution < 1.29 is 9.53 Å². The van der Waals surface area contributed by atoms with Crippen molar-refractivity contribution in [1.82, 2.24) is 4.90 Å². The first-order valence-electron chi connectivity index (χ1n) is 5.02. The molecule has 1 aromatic carbocycles. The van der Waals surface area contributed by atoms with Crippen LogP contribution in [0.5, 0.6) is 5.75 Å². The lowest BCUT2D eigenvalue weighted by molar-refractivity contribution is 0.369. The van der Waals surface area contributed by atoms with Crippen molar-refractivity contribution in [2.24, 2.45) is 4.99 Å². The standard InChI is InChI=1S/C12H16N2O2/c1-14(2)8-11-6-4-5-10(7-13-9-15)12(11)16-3/h4-6H,7-8H2,1-3H3. The Morgan fingerprint density at radius 2 is 2.06 bits per heavy atom. The molecule has 1 rings (SSSR count). The van der Waals surface area contributed by atoms with Gasteiger partial charge in [0.1, 0.15) is 5.75 Å². The van der Waals surface area contributed by atoms with Gasteiger partial charge < -0.3 is 9.64 Å². The quantitative estimate of drug-likeness (QED) is 0.559. The maximum Gasteiger partial charge on any atom is 0.235 e. The first-order valence-corrected chi connectivity index (χ1v) is 5.02. The molecule has 1 aromatic rings. The number of isocyanates is 1. The van der Waals surface area contributed by atoms with E-state index < -0.39 is 0 Å². The van der Waals surface area contributed by atoms with Crippen LogP contribution in [-0.2, 0) is 17.9 Å². The van der Waals surface area contributed by atoms with E-state index in [4.69, 9.17) is 4.74 Å². The van der Waals surface area contributed by atoms with E-state index in [1.807, 2.05) is 32.3 Å². The van der Waals surface area contributed by atoms with Gasteiger partial charge in [0.2, 0.25) is 6.08 Å². The molecule has 0 unspecified atom stereocenters. The second-order valence-electron chi connectivity index (χ2n) is 3.75. The highest BCUT2D eigenvalue weighted by Crippen LogP contribution is 2.25. The molecule has 16 heavy (non-hydrogen) atoms. The molecule has 0 saturated carbocycles. The highest BCUT2D eigenvalue weighted by Gasteiger charge is 2.08. The van der Waals surface area contributed by atoms with Gasteiger partial charge in [-0.2, -0.15) is 0 Å². The molecule has 0 N–H and O–H groups in total. The molecule has 0 radical (unpaired) electrons. The van der Waals surface area contributed by atoms with Gasteiger partial charge in [-0.3, -0.25) is 0 Å². The predicted molar refractivity (Wildman–Crippen MR) is 62.2 cm³/mol. The van der Waals surface area contributed by atoms with Crippen LogP contribution in [0.1, 0.15) is 11.1 Å². The first-order chi connectivity index (χ1) is 7.69. The largest absolute Gasteiger partial charge is 0.496 e. The molecule has 0 bridgehead atoms. The Balaban J connectivity index is 3.04. The summed E-state index contributed by atoms with van der Waals surface area (Å²) in [6, 6.07) is 5.85. The lowest BCUT2D eigenvalue weighted by Gasteiger charge is -2.15. The molecule has 0 aliphatic rings. The molecule has 4 heteroatoms. The van der Waals surface area contributed by atoms with E-state index in [1.165, 1.54) is 6.08 Å². The van der Waals surface area contributed by atoms with Gasteiger partial charge >= 0.3 is 0 Å². The normalized spacial score (nSPS) is 10.0. The van der Waals surface area contributed by atoms with Gasteiger partial charge in [0, 0.05) is 17.7 Å². The lowest BCUT2D eigenvalue weighted by Crippen LogP contribution is -2.12. The van der Waals surface area contributed by atoms with Crippen LogP contribution in [0.15, 0.2) is 23.2 Å². The molecule has 0 fully saturated rings. The molecule has 0 aliphatic carbocycles. The summed E-state index contributed by atoms with van der Waals surface area (Å²) in [6.07, 6.45) is 1.54. The van der Waals surface area contributed by atoms with E-state index in [0.29, 0.717) is 6.54 Å². The highest BCUT2D eigenvalue weighted by atomic mass is 16.5. The maximum atomic E-state index is 10.1. The van der Waals surface area contributed by atoms with Crippen molar-refractivity contribution >= 4 is 6.08 Å². The lowest BCUT2D eigenvalue weighted by atomic mass is 10.1. The molecular weight excluding hydrogens is 204 g/mol. The van der Waals surface area contributed by atoms with E-state index in [0.717, 1.165) is 23.4 Å². The fraction of sp³-hybridized carbons (Fsp3) is 0.417. The number of rotatable bonds is 5. The molecular formula is C12H16N2O2. The molecule has 0 aliphatic heterocycles. The number of hydrogen-bond acceptors (Lipinski definition) is 4. The number of ether oxygens (including phenoxy) is 1. The van der Waals surface area contributed by atoms with Crippen LogP contribution in [0, 0.1) is 0 Å². The second kappa shape index (κ2) is 6.05. The van der Waals surface area contributed by atoms with Crippen LogP contribution < -0.4 is 4.74 Å². The Labute approximate surface area is 95.6 Å². The van der Waals surface area contributed by atoms with Crippen molar-refractivity contribution in [3.05, 3.63) is 29.3 Å². The number of para-hydroxylation sites is 1. The number of nitrogens with zero attached hydrogens (tertiary/aromatic N) is 2. The van der Waals surface area contributed by atoms with Crippen molar-refractivity contribution in [2.75, 3.05) is 21.2 Å². The van der Waals surface area contributed by atoms with Crippen LogP contribution in [0.3, 0.4) is 0 Å². The Morgan fingerprint density at radius 1 is 1.38 bits per heavy atom.